The topological polar surface area (TPSA) is 29.3 Å². The van der Waals surface area contributed by atoms with E-state index in [9.17, 15) is 0 Å². The van der Waals surface area contributed by atoms with Gasteiger partial charge < -0.3 is 10.6 Å². The summed E-state index contributed by atoms with van der Waals surface area (Å²) in [4.78, 5) is 2.19. The van der Waals surface area contributed by atoms with Crippen LogP contribution in [0.1, 0.15) is 57.2 Å². The molecule has 2 atom stereocenters. The predicted octanol–water partition coefficient (Wildman–Crippen LogP) is 3.54. The lowest BCUT2D eigenvalue weighted by atomic mass is 9.87. The summed E-state index contributed by atoms with van der Waals surface area (Å²) in [5.74, 6) is 0.628. The molecule has 0 heterocycles. The van der Waals surface area contributed by atoms with E-state index in [0.29, 0.717) is 5.92 Å². The normalized spacial score (nSPS) is 15.8. The molecule has 102 valence electrons. The van der Waals surface area contributed by atoms with Crippen molar-refractivity contribution < 1.29 is 0 Å². The first-order chi connectivity index (χ1) is 8.27. The monoisotopic (exact) mass is 248 g/mol. The van der Waals surface area contributed by atoms with Crippen LogP contribution < -0.4 is 5.73 Å². The number of likely N-dealkylation sites (N-methyl/N-ethyl adjacent to an activating group) is 1. The van der Waals surface area contributed by atoms with Crippen molar-refractivity contribution in [1.29, 1.82) is 0 Å². The summed E-state index contributed by atoms with van der Waals surface area (Å²) >= 11 is 0. The number of rotatable bonds is 5. The summed E-state index contributed by atoms with van der Waals surface area (Å²) < 4.78 is 0. The lowest BCUT2D eigenvalue weighted by molar-refractivity contribution is 0.205. The molecule has 2 heteroatoms. The van der Waals surface area contributed by atoms with Gasteiger partial charge in [0.2, 0.25) is 0 Å². The summed E-state index contributed by atoms with van der Waals surface area (Å²) in [6.45, 7) is 8.66. The van der Waals surface area contributed by atoms with Gasteiger partial charge in [-0.3, -0.25) is 0 Å². The van der Waals surface area contributed by atoms with Crippen molar-refractivity contribution in [2.75, 3.05) is 14.1 Å². The van der Waals surface area contributed by atoms with Gasteiger partial charge in [0.05, 0.1) is 6.04 Å². The Kier molecular flexibility index (Phi) is 4.94. The van der Waals surface area contributed by atoms with E-state index >= 15 is 0 Å². The number of hydrogen-bond acceptors (Lipinski definition) is 2. The summed E-state index contributed by atoms with van der Waals surface area (Å²) in [7, 11) is 4.17. The highest BCUT2D eigenvalue weighted by atomic mass is 15.1. The van der Waals surface area contributed by atoms with Crippen molar-refractivity contribution in [3.8, 4) is 0 Å². The summed E-state index contributed by atoms with van der Waals surface area (Å²) in [5, 5.41) is 0. The second-order valence-electron chi connectivity index (χ2n) is 6.16. The minimum absolute atomic E-state index is 0.239. The lowest BCUT2D eigenvalue weighted by Gasteiger charge is -2.36. The third-order valence-corrected chi connectivity index (χ3v) is 3.65. The van der Waals surface area contributed by atoms with Gasteiger partial charge in [0.25, 0.3) is 0 Å². The molecule has 1 aromatic carbocycles. The fourth-order valence-corrected chi connectivity index (χ4v) is 2.64. The van der Waals surface area contributed by atoms with Gasteiger partial charge in [-0.05, 0) is 51.4 Å². The van der Waals surface area contributed by atoms with Crippen LogP contribution in [0, 0.1) is 0 Å². The van der Waals surface area contributed by atoms with Gasteiger partial charge >= 0.3 is 0 Å². The molecule has 0 saturated carbocycles. The number of hydrogen-bond donors (Lipinski definition) is 1. The molecule has 2 unspecified atom stereocenters. The van der Waals surface area contributed by atoms with Gasteiger partial charge in [0.15, 0.2) is 0 Å². The minimum Gasteiger partial charge on any atom is -0.324 e. The molecule has 0 aliphatic rings. The molecule has 1 rings (SSSR count). The van der Waals surface area contributed by atoms with Crippen LogP contribution in [-0.2, 0) is 0 Å². The van der Waals surface area contributed by atoms with Gasteiger partial charge in [-0.2, -0.15) is 0 Å². The summed E-state index contributed by atoms with van der Waals surface area (Å²) in [6.07, 6.45) is 1.18. The van der Waals surface area contributed by atoms with E-state index in [0.717, 1.165) is 0 Å². The van der Waals surface area contributed by atoms with Crippen LogP contribution in [-0.4, -0.2) is 24.5 Å². The summed E-state index contributed by atoms with van der Waals surface area (Å²) in [6, 6.07) is 9.17. The lowest BCUT2D eigenvalue weighted by Crippen LogP contribution is -2.45. The quantitative estimate of drug-likeness (QED) is 0.863. The number of benzene rings is 1. The van der Waals surface area contributed by atoms with Gasteiger partial charge in [-0.15, -0.1) is 0 Å². The van der Waals surface area contributed by atoms with E-state index < -0.39 is 0 Å². The zero-order valence-corrected chi connectivity index (χ0v) is 12.7. The molecule has 2 N–H and O–H groups in total. The van der Waals surface area contributed by atoms with Crippen molar-refractivity contribution in [2.24, 2.45) is 5.73 Å². The molecule has 0 fully saturated rings. The van der Waals surface area contributed by atoms with Crippen LogP contribution in [0.5, 0.6) is 0 Å². The van der Waals surface area contributed by atoms with Crippen molar-refractivity contribution in [2.45, 2.75) is 51.6 Å². The molecule has 0 radical (unpaired) electrons. The molecule has 2 nitrogen and oxygen atoms in total. The van der Waals surface area contributed by atoms with Gasteiger partial charge in [-0.1, -0.05) is 38.1 Å². The zero-order valence-electron chi connectivity index (χ0n) is 12.7. The number of nitrogens with two attached hydrogens (primary N) is 1. The maximum absolute atomic E-state index is 6.30. The van der Waals surface area contributed by atoms with Gasteiger partial charge in [-0.25, -0.2) is 0 Å². The second kappa shape index (κ2) is 5.85. The SMILES string of the molecule is CCC(C)c1ccc(C(N(C)C)C(C)(C)N)cc1. The second-order valence-corrected chi connectivity index (χ2v) is 6.16. The van der Waals surface area contributed by atoms with Crippen LogP contribution >= 0.6 is 0 Å². The third kappa shape index (κ3) is 3.56. The molecule has 1 aromatic rings. The van der Waals surface area contributed by atoms with Crippen LogP contribution in [0.15, 0.2) is 24.3 Å². The molecule has 0 aliphatic carbocycles. The molecule has 18 heavy (non-hydrogen) atoms. The van der Waals surface area contributed by atoms with E-state index in [1.54, 1.807) is 0 Å². The maximum Gasteiger partial charge on any atom is 0.0517 e. The molecule has 0 aliphatic heterocycles. The van der Waals surface area contributed by atoms with Crippen molar-refractivity contribution >= 4 is 0 Å². The standard InChI is InChI=1S/C16H28N2/c1-7-12(2)13-8-10-14(11-9-13)15(18(5)6)16(3,4)17/h8-12,15H,7,17H2,1-6H3. The first-order valence-electron chi connectivity index (χ1n) is 6.82. The average molecular weight is 248 g/mol. The first-order valence-corrected chi connectivity index (χ1v) is 6.82. The molecule has 0 aromatic heterocycles. The fraction of sp³-hybridized carbons (Fsp3) is 0.625. The van der Waals surface area contributed by atoms with Crippen molar-refractivity contribution in [3.63, 3.8) is 0 Å². The van der Waals surface area contributed by atoms with Crippen LogP contribution in [0.3, 0.4) is 0 Å². The van der Waals surface area contributed by atoms with E-state index in [1.165, 1.54) is 17.5 Å². The Hall–Kier alpha value is -0.860. The maximum atomic E-state index is 6.30. The molecule has 0 saturated heterocycles. The van der Waals surface area contributed by atoms with E-state index in [-0.39, 0.29) is 11.6 Å². The van der Waals surface area contributed by atoms with Crippen LogP contribution in [0.4, 0.5) is 0 Å². The largest absolute Gasteiger partial charge is 0.324 e. The Balaban J connectivity index is 3.02. The Morgan fingerprint density at radius 2 is 1.56 bits per heavy atom. The molecule has 0 bridgehead atoms. The van der Waals surface area contributed by atoms with Gasteiger partial charge in [0.1, 0.15) is 0 Å². The van der Waals surface area contributed by atoms with Crippen molar-refractivity contribution in [3.05, 3.63) is 35.4 Å². The van der Waals surface area contributed by atoms with Crippen molar-refractivity contribution in [1.82, 2.24) is 4.90 Å². The molecular formula is C16H28N2. The Labute approximate surface area is 112 Å². The fourth-order valence-electron chi connectivity index (χ4n) is 2.64. The average Bonchev–Trinajstić information content (AvgIpc) is 2.26. The molecular weight excluding hydrogens is 220 g/mol. The Bertz CT molecular complexity index is 360. The highest BCUT2D eigenvalue weighted by molar-refractivity contribution is 5.29. The van der Waals surface area contributed by atoms with E-state index in [1.807, 2.05) is 0 Å². The Morgan fingerprint density at radius 1 is 1.11 bits per heavy atom. The summed E-state index contributed by atoms with van der Waals surface area (Å²) in [5.41, 5.74) is 8.75. The molecule has 0 spiro atoms. The zero-order chi connectivity index (χ0) is 13.9. The highest BCUT2D eigenvalue weighted by Crippen LogP contribution is 2.29. The minimum atomic E-state index is -0.249. The van der Waals surface area contributed by atoms with Gasteiger partial charge in [0, 0.05) is 5.54 Å². The van der Waals surface area contributed by atoms with E-state index in [4.69, 9.17) is 5.73 Å². The van der Waals surface area contributed by atoms with E-state index in [2.05, 4.69) is 71.0 Å². The third-order valence-electron chi connectivity index (χ3n) is 3.65. The predicted molar refractivity (Wildman–Crippen MR) is 79.8 cm³/mol. The Morgan fingerprint density at radius 3 is 1.89 bits per heavy atom. The highest BCUT2D eigenvalue weighted by Gasteiger charge is 2.28. The van der Waals surface area contributed by atoms with Crippen LogP contribution in [0.2, 0.25) is 0 Å². The molecule has 0 amide bonds. The first kappa shape index (κ1) is 15.2. The number of nitrogens with zero attached hydrogens (tertiary/aromatic N) is 1. The smallest absolute Gasteiger partial charge is 0.0517 e. The van der Waals surface area contributed by atoms with Crippen LogP contribution in [0.25, 0.3) is 0 Å².